The highest BCUT2D eigenvalue weighted by molar-refractivity contribution is 5.31. The molecule has 0 saturated heterocycles. The molecule has 0 heterocycles. The van der Waals surface area contributed by atoms with Gasteiger partial charge in [0.2, 0.25) is 0 Å². The van der Waals surface area contributed by atoms with E-state index in [0.29, 0.717) is 23.5 Å². The van der Waals surface area contributed by atoms with Gasteiger partial charge in [-0.25, -0.2) is 8.78 Å². The van der Waals surface area contributed by atoms with Crippen LogP contribution in [0.1, 0.15) is 24.2 Å². The molecule has 4 heteroatoms. The zero-order valence-electron chi connectivity index (χ0n) is 11.1. The summed E-state index contributed by atoms with van der Waals surface area (Å²) in [4.78, 5) is 0. The van der Waals surface area contributed by atoms with E-state index in [-0.39, 0.29) is 6.42 Å². The Morgan fingerprint density at radius 2 is 1.90 bits per heavy atom. The molecule has 0 aliphatic carbocycles. The molecule has 0 saturated carbocycles. The minimum absolute atomic E-state index is 0.215. The van der Waals surface area contributed by atoms with Gasteiger partial charge in [0, 0.05) is 6.42 Å². The summed E-state index contributed by atoms with van der Waals surface area (Å²) in [7, 11) is 0. The summed E-state index contributed by atoms with van der Waals surface area (Å²) in [5, 5.41) is 10.2. The van der Waals surface area contributed by atoms with Crippen LogP contribution >= 0.6 is 0 Å². The molecule has 2 aromatic rings. The average Bonchev–Trinajstić information content (AvgIpc) is 2.43. The summed E-state index contributed by atoms with van der Waals surface area (Å²) in [6, 6.07) is 10.7. The van der Waals surface area contributed by atoms with Crippen LogP contribution in [0.3, 0.4) is 0 Å². The van der Waals surface area contributed by atoms with Crippen molar-refractivity contribution in [1.29, 1.82) is 0 Å². The van der Waals surface area contributed by atoms with E-state index in [4.69, 9.17) is 4.74 Å². The summed E-state index contributed by atoms with van der Waals surface area (Å²) >= 11 is 0. The fourth-order valence-electron chi connectivity index (χ4n) is 1.99. The molecule has 0 amide bonds. The van der Waals surface area contributed by atoms with Crippen molar-refractivity contribution in [2.24, 2.45) is 0 Å². The zero-order chi connectivity index (χ0) is 14.5. The average molecular weight is 278 g/mol. The molecule has 1 N–H and O–H groups in total. The minimum Gasteiger partial charge on any atom is -0.494 e. The fraction of sp³-hybridized carbons (Fsp3) is 0.250. The van der Waals surface area contributed by atoms with Crippen molar-refractivity contribution >= 4 is 0 Å². The quantitative estimate of drug-likeness (QED) is 0.904. The van der Waals surface area contributed by atoms with Gasteiger partial charge in [0.05, 0.1) is 12.7 Å². The molecule has 0 aliphatic rings. The minimum atomic E-state index is -0.905. The van der Waals surface area contributed by atoms with Crippen molar-refractivity contribution < 1.29 is 18.6 Å². The molecule has 2 nitrogen and oxygen atoms in total. The second kappa shape index (κ2) is 6.48. The van der Waals surface area contributed by atoms with Crippen LogP contribution in [-0.4, -0.2) is 11.7 Å². The number of halogens is 2. The number of benzene rings is 2. The Morgan fingerprint density at radius 1 is 1.10 bits per heavy atom. The van der Waals surface area contributed by atoms with Crippen LogP contribution in [0, 0.1) is 11.6 Å². The number of hydrogen-bond acceptors (Lipinski definition) is 2. The van der Waals surface area contributed by atoms with Gasteiger partial charge in [-0.3, -0.25) is 0 Å². The van der Waals surface area contributed by atoms with Gasteiger partial charge < -0.3 is 9.84 Å². The van der Waals surface area contributed by atoms with E-state index >= 15 is 0 Å². The van der Waals surface area contributed by atoms with Crippen LogP contribution < -0.4 is 4.74 Å². The van der Waals surface area contributed by atoms with E-state index < -0.39 is 17.7 Å². The van der Waals surface area contributed by atoms with E-state index in [1.54, 1.807) is 24.3 Å². The van der Waals surface area contributed by atoms with Crippen molar-refractivity contribution in [2.45, 2.75) is 19.4 Å². The molecule has 106 valence electrons. The molecule has 2 rings (SSSR count). The summed E-state index contributed by atoms with van der Waals surface area (Å²) < 4.78 is 31.3. The third-order valence-corrected chi connectivity index (χ3v) is 2.97. The van der Waals surface area contributed by atoms with Crippen LogP contribution in [0.15, 0.2) is 42.5 Å². The molecule has 20 heavy (non-hydrogen) atoms. The summed E-state index contributed by atoms with van der Waals surface area (Å²) in [6.45, 7) is 2.42. The third-order valence-electron chi connectivity index (χ3n) is 2.97. The van der Waals surface area contributed by atoms with Gasteiger partial charge in [-0.15, -0.1) is 0 Å². The van der Waals surface area contributed by atoms with Crippen molar-refractivity contribution in [3.8, 4) is 5.75 Å². The summed E-state index contributed by atoms with van der Waals surface area (Å²) in [5.74, 6) is -1.12. The summed E-state index contributed by atoms with van der Waals surface area (Å²) in [6.07, 6.45) is -0.576. The van der Waals surface area contributed by atoms with E-state index in [2.05, 4.69) is 0 Å². The zero-order valence-corrected chi connectivity index (χ0v) is 11.1. The maximum Gasteiger partial charge on any atom is 0.159 e. The van der Waals surface area contributed by atoms with E-state index in [9.17, 15) is 13.9 Å². The molecule has 0 radical (unpaired) electrons. The van der Waals surface area contributed by atoms with E-state index in [0.717, 1.165) is 12.1 Å². The lowest BCUT2D eigenvalue weighted by molar-refractivity contribution is 0.177. The monoisotopic (exact) mass is 278 g/mol. The maximum atomic E-state index is 13.1. The molecule has 0 bridgehead atoms. The predicted octanol–water partition coefficient (Wildman–Crippen LogP) is 3.64. The first kappa shape index (κ1) is 14.5. The van der Waals surface area contributed by atoms with E-state index in [1.807, 2.05) is 6.92 Å². The van der Waals surface area contributed by atoms with Gasteiger partial charge in [-0.05, 0) is 42.3 Å². The largest absolute Gasteiger partial charge is 0.494 e. The number of aliphatic hydroxyl groups excluding tert-OH is 1. The van der Waals surface area contributed by atoms with Crippen LogP contribution in [0.5, 0.6) is 5.75 Å². The summed E-state index contributed by atoms with van der Waals surface area (Å²) in [5.41, 5.74) is 1.22. The van der Waals surface area contributed by atoms with Crippen molar-refractivity contribution in [2.75, 3.05) is 6.61 Å². The first-order valence-electron chi connectivity index (χ1n) is 6.45. The maximum absolute atomic E-state index is 13.1. The highest BCUT2D eigenvalue weighted by atomic mass is 19.2. The molecule has 1 atom stereocenters. The lowest BCUT2D eigenvalue weighted by Gasteiger charge is -2.13. The van der Waals surface area contributed by atoms with Crippen LogP contribution in [0.4, 0.5) is 8.78 Å². The third kappa shape index (κ3) is 3.54. The SMILES string of the molecule is CCOc1cccc(C(O)Cc2ccc(F)c(F)c2)c1. The second-order valence-corrected chi connectivity index (χ2v) is 4.47. The van der Waals surface area contributed by atoms with Gasteiger partial charge in [-0.2, -0.15) is 0 Å². The highest BCUT2D eigenvalue weighted by Gasteiger charge is 2.11. The van der Waals surface area contributed by atoms with Crippen molar-refractivity contribution in [3.05, 3.63) is 65.2 Å². The second-order valence-electron chi connectivity index (χ2n) is 4.47. The molecule has 0 aliphatic heterocycles. The van der Waals surface area contributed by atoms with Gasteiger partial charge in [0.15, 0.2) is 11.6 Å². The van der Waals surface area contributed by atoms with Gasteiger partial charge in [0.25, 0.3) is 0 Å². The van der Waals surface area contributed by atoms with Crippen molar-refractivity contribution in [1.82, 2.24) is 0 Å². The molecule has 0 aromatic heterocycles. The molecular weight excluding hydrogens is 262 g/mol. The van der Waals surface area contributed by atoms with Gasteiger partial charge in [-0.1, -0.05) is 18.2 Å². The number of ether oxygens (including phenoxy) is 1. The lowest BCUT2D eigenvalue weighted by atomic mass is 10.0. The number of hydrogen-bond donors (Lipinski definition) is 1. The molecule has 2 aromatic carbocycles. The molecule has 1 unspecified atom stereocenters. The Morgan fingerprint density at radius 3 is 2.60 bits per heavy atom. The topological polar surface area (TPSA) is 29.5 Å². The smallest absolute Gasteiger partial charge is 0.159 e. The van der Waals surface area contributed by atoms with E-state index in [1.165, 1.54) is 6.07 Å². The standard InChI is InChI=1S/C16H16F2O2/c1-2-20-13-5-3-4-12(10-13)16(19)9-11-6-7-14(17)15(18)8-11/h3-8,10,16,19H,2,9H2,1H3. The molecular formula is C16H16F2O2. The van der Waals surface area contributed by atoms with Crippen LogP contribution in [-0.2, 0) is 6.42 Å². The number of rotatable bonds is 5. The first-order chi connectivity index (χ1) is 9.60. The Kier molecular flexibility index (Phi) is 4.69. The number of aliphatic hydroxyl groups is 1. The Balaban J connectivity index is 2.12. The predicted molar refractivity (Wildman–Crippen MR) is 72.6 cm³/mol. The Bertz CT molecular complexity index is 584. The fourth-order valence-corrected chi connectivity index (χ4v) is 1.99. The lowest BCUT2D eigenvalue weighted by Crippen LogP contribution is -2.03. The molecule has 0 fully saturated rings. The van der Waals surface area contributed by atoms with Gasteiger partial charge in [0.1, 0.15) is 5.75 Å². The Hall–Kier alpha value is -1.94. The van der Waals surface area contributed by atoms with Crippen LogP contribution in [0.2, 0.25) is 0 Å². The Labute approximate surface area is 116 Å². The first-order valence-corrected chi connectivity index (χ1v) is 6.45. The molecule has 0 spiro atoms. The van der Waals surface area contributed by atoms with Crippen molar-refractivity contribution in [3.63, 3.8) is 0 Å². The van der Waals surface area contributed by atoms with Gasteiger partial charge >= 0.3 is 0 Å². The highest BCUT2D eigenvalue weighted by Crippen LogP contribution is 2.23. The van der Waals surface area contributed by atoms with Crippen LogP contribution in [0.25, 0.3) is 0 Å². The normalized spacial score (nSPS) is 12.2.